The third-order valence-electron chi connectivity index (χ3n) is 4.71. The van der Waals surface area contributed by atoms with Crippen LogP contribution in [0.2, 0.25) is 0 Å². The van der Waals surface area contributed by atoms with Crippen molar-refractivity contribution in [1.29, 1.82) is 0 Å². The SMILES string of the molecule is C=CCn1c(COc2cccc(C(F)(F)F)c2)nnc1SCC(=O)Nc1c(C)cccc1C. The molecule has 0 fully saturated rings. The molecule has 0 saturated carbocycles. The maximum absolute atomic E-state index is 12.9. The predicted molar refractivity (Wildman–Crippen MR) is 121 cm³/mol. The van der Waals surface area contributed by atoms with Crippen molar-refractivity contribution in [3.63, 3.8) is 0 Å². The second-order valence-electron chi connectivity index (χ2n) is 7.22. The summed E-state index contributed by atoms with van der Waals surface area (Å²) < 4.78 is 45.9. The van der Waals surface area contributed by atoms with Gasteiger partial charge < -0.3 is 10.1 Å². The number of allylic oxidation sites excluding steroid dienone is 1. The van der Waals surface area contributed by atoms with Gasteiger partial charge in [-0.1, -0.05) is 42.1 Å². The number of carbonyl (C=O) groups excluding carboxylic acids is 1. The summed E-state index contributed by atoms with van der Waals surface area (Å²) in [5.74, 6) is 0.398. The quantitative estimate of drug-likeness (QED) is 0.330. The van der Waals surface area contributed by atoms with E-state index < -0.39 is 11.7 Å². The largest absolute Gasteiger partial charge is 0.486 e. The van der Waals surface area contributed by atoms with Gasteiger partial charge in [0.15, 0.2) is 11.0 Å². The second kappa shape index (κ2) is 10.6. The van der Waals surface area contributed by atoms with Gasteiger partial charge in [0.25, 0.3) is 0 Å². The number of anilines is 1. The molecule has 0 atom stereocenters. The number of alkyl halides is 3. The fourth-order valence-electron chi connectivity index (χ4n) is 3.07. The highest BCUT2D eigenvalue weighted by molar-refractivity contribution is 7.99. The number of thioether (sulfide) groups is 1. The molecule has 33 heavy (non-hydrogen) atoms. The van der Waals surface area contributed by atoms with E-state index in [2.05, 4.69) is 22.1 Å². The number of aryl methyl sites for hydroxylation is 2. The van der Waals surface area contributed by atoms with Gasteiger partial charge in [-0.3, -0.25) is 9.36 Å². The van der Waals surface area contributed by atoms with E-state index in [0.717, 1.165) is 28.9 Å². The highest BCUT2D eigenvalue weighted by Crippen LogP contribution is 2.31. The average Bonchev–Trinajstić information content (AvgIpc) is 3.15. The molecule has 10 heteroatoms. The summed E-state index contributed by atoms with van der Waals surface area (Å²) >= 11 is 1.20. The number of halogens is 3. The van der Waals surface area contributed by atoms with Crippen molar-refractivity contribution in [1.82, 2.24) is 14.8 Å². The molecule has 1 N–H and O–H groups in total. The Bertz CT molecular complexity index is 1120. The molecular formula is C23H23F3N4O2S. The molecule has 0 aliphatic heterocycles. The smallest absolute Gasteiger partial charge is 0.416 e. The molecule has 0 spiro atoms. The number of rotatable bonds is 9. The van der Waals surface area contributed by atoms with Crippen molar-refractivity contribution in [2.75, 3.05) is 11.1 Å². The number of para-hydroxylation sites is 1. The fraction of sp³-hybridized carbons (Fsp3) is 0.261. The molecule has 3 rings (SSSR count). The molecule has 3 aromatic rings. The Morgan fingerprint density at radius 3 is 2.55 bits per heavy atom. The van der Waals surface area contributed by atoms with E-state index in [1.165, 1.54) is 23.9 Å². The number of hydrogen-bond acceptors (Lipinski definition) is 5. The van der Waals surface area contributed by atoms with E-state index in [0.29, 0.717) is 17.5 Å². The highest BCUT2D eigenvalue weighted by atomic mass is 32.2. The molecular weight excluding hydrogens is 453 g/mol. The third-order valence-corrected chi connectivity index (χ3v) is 5.68. The van der Waals surface area contributed by atoms with E-state index in [-0.39, 0.29) is 24.0 Å². The molecule has 0 bridgehead atoms. The summed E-state index contributed by atoms with van der Waals surface area (Å²) in [6.07, 6.45) is -2.82. The Hall–Kier alpha value is -3.27. The van der Waals surface area contributed by atoms with Crippen molar-refractivity contribution in [2.45, 2.75) is 38.3 Å². The molecule has 6 nitrogen and oxygen atoms in total. The average molecular weight is 477 g/mol. The molecule has 0 aliphatic carbocycles. The number of benzene rings is 2. The molecule has 0 unspecified atom stereocenters. The lowest BCUT2D eigenvalue weighted by Gasteiger charge is -2.12. The first-order valence-corrected chi connectivity index (χ1v) is 11.0. The zero-order valence-corrected chi connectivity index (χ0v) is 19.0. The first kappa shape index (κ1) is 24.4. The lowest BCUT2D eigenvalue weighted by atomic mass is 10.1. The van der Waals surface area contributed by atoms with Gasteiger partial charge in [0.1, 0.15) is 12.4 Å². The molecule has 0 radical (unpaired) electrons. The fourth-order valence-corrected chi connectivity index (χ4v) is 3.84. The first-order valence-electron chi connectivity index (χ1n) is 10.0. The standard InChI is InChI=1S/C23H23F3N4O2S/c1-4-11-30-19(13-32-18-10-6-9-17(12-18)23(24,25)26)28-29-22(30)33-14-20(31)27-21-15(2)7-5-8-16(21)3/h4-10,12H,1,11,13-14H2,2-3H3,(H,27,31). The van der Waals surface area contributed by atoms with E-state index in [4.69, 9.17) is 4.74 Å². The van der Waals surface area contributed by atoms with Crippen LogP contribution in [0.15, 0.2) is 60.3 Å². The number of hydrogen-bond donors (Lipinski definition) is 1. The normalized spacial score (nSPS) is 11.3. The van der Waals surface area contributed by atoms with Gasteiger partial charge in [-0.25, -0.2) is 0 Å². The number of nitrogens with one attached hydrogen (secondary N) is 1. The van der Waals surface area contributed by atoms with Crippen molar-refractivity contribution >= 4 is 23.4 Å². The summed E-state index contributed by atoms with van der Waals surface area (Å²) in [4.78, 5) is 12.5. The predicted octanol–water partition coefficient (Wildman–Crippen LogP) is 5.41. The molecule has 1 aromatic heterocycles. The van der Waals surface area contributed by atoms with Crippen molar-refractivity contribution in [3.8, 4) is 5.75 Å². The number of aromatic nitrogens is 3. The molecule has 2 aromatic carbocycles. The van der Waals surface area contributed by atoms with Crippen LogP contribution in [0.1, 0.15) is 22.5 Å². The first-order chi connectivity index (χ1) is 15.7. The summed E-state index contributed by atoms with van der Waals surface area (Å²) in [7, 11) is 0. The zero-order valence-electron chi connectivity index (χ0n) is 18.1. The van der Waals surface area contributed by atoms with E-state index in [1.54, 1.807) is 10.6 Å². The maximum atomic E-state index is 12.9. The molecule has 1 heterocycles. The van der Waals surface area contributed by atoms with Gasteiger partial charge >= 0.3 is 6.18 Å². The third kappa shape index (κ3) is 6.38. The van der Waals surface area contributed by atoms with Crippen LogP contribution in [0.25, 0.3) is 0 Å². The van der Waals surface area contributed by atoms with Gasteiger partial charge in [-0.15, -0.1) is 16.8 Å². The lowest BCUT2D eigenvalue weighted by Crippen LogP contribution is -2.16. The Balaban J connectivity index is 1.66. The summed E-state index contributed by atoms with van der Waals surface area (Å²) in [6.45, 7) is 7.83. The van der Waals surface area contributed by atoms with Gasteiger partial charge in [0, 0.05) is 12.2 Å². The molecule has 1 amide bonds. The Morgan fingerprint density at radius 2 is 1.88 bits per heavy atom. The van der Waals surface area contributed by atoms with Crippen LogP contribution in [0.3, 0.4) is 0 Å². The number of nitrogens with zero attached hydrogens (tertiary/aromatic N) is 3. The minimum absolute atomic E-state index is 0.0696. The molecule has 174 valence electrons. The summed E-state index contributed by atoms with van der Waals surface area (Å²) in [5.41, 5.74) is 1.93. The van der Waals surface area contributed by atoms with Crippen LogP contribution in [0.5, 0.6) is 5.75 Å². The van der Waals surface area contributed by atoms with Crippen molar-refractivity contribution in [2.24, 2.45) is 0 Å². The zero-order chi connectivity index (χ0) is 24.0. The van der Waals surface area contributed by atoms with E-state index in [1.807, 2.05) is 32.0 Å². The van der Waals surface area contributed by atoms with Crippen molar-refractivity contribution in [3.05, 3.63) is 77.6 Å². The Labute approximate surface area is 193 Å². The van der Waals surface area contributed by atoms with Crippen molar-refractivity contribution < 1.29 is 22.7 Å². The van der Waals surface area contributed by atoms with Crippen LogP contribution in [0.4, 0.5) is 18.9 Å². The van der Waals surface area contributed by atoms with Crippen LogP contribution in [-0.2, 0) is 24.1 Å². The summed E-state index contributed by atoms with van der Waals surface area (Å²) in [6, 6.07) is 10.4. The monoisotopic (exact) mass is 476 g/mol. The minimum atomic E-state index is -4.45. The topological polar surface area (TPSA) is 69.0 Å². The molecule has 0 aliphatic rings. The molecule has 0 saturated heterocycles. The lowest BCUT2D eigenvalue weighted by molar-refractivity contribution is -0.137. The Morgan fingerprint density at radius 1 is 1.18 bits per heavy atom. The van der Waals surface area contributed by atoms with Crippen LogP contribution < -0.4 is 10.1 Å². The summed E-state index contributed by atoms with van der Waals surface area (Å²) in [5, 5.41) is 11.6. The van der Waals surface area contributed by atoms with Gasteiger partial charge in [-0.2, -0.15) is 13.2 Å². The minimum Gasteiger partial charge on any atom is -0.486 e. The van der Waals surface area contributed by atoms with E-state index >= 15 is 0 Å². The van der Waals surface area contributed by atoms with E-state index in [9.17, 15) is 18.0 Å². The van der Waals surface area contributed by atoms with Gasteiger partial charge in [0.05, 0.1) is 11.3 Å². The number of carbonyl (C=O) groups is 1. The second-order valence-corrected chi connectivity index (χ2v) is 8.16. The van der Waals surface area contributed by atoms with Gasteiger partial charge in [-0.05, 0) is 43.2 Å². The highest BCUT2D eigenvalue weighted by Gasteiger charge is 2.30. The van der Waals surface area contributed by atoms with Crippen LogP contribution in [-0.4, -0.2) is 26.4 Å². The van der Waals surface area contributed by atoms with Gasteiger partial charge in [0.2, 0.25) is 5.91 Å². The maximum Gasteiger partial charge on any atom is 0.416 e. The van der Waals surface area contributed by atoms with Crippen LogP contribution in [0, 0.1) is 13.8 Å². The number of ether oxygens (including phenoxy) is 1. The van der Waals surface area contributed by atoms with Crippen LogP contribution >= 0.6 is 11.8 Å². The Kier molecular flexibility index (Phi) is 7.80. The number of amides is 1.